The molecule has 0 fully saturated rings. The lowest BCUT2D eigenvalue weighted by atomic mass is 10.1. The smallest absolute Gasteiger partial charge is 0.303 e. The van der Waals surface area contributed by atoms with E-state index in [1.54, 1.807) is 0 Å². The van der Waals surface area contributed by atoms with Crippen molar-refractivity contribution in [2.75, 3.05) is 5.32 Å². The molecule has 2 amide bonds. The van der Waals surface area contributed by atoms with Crippen LogP contribution in [0.15, 0.2) is 24.3 Å². The van der Waals surface area contributed by atoms with Crippen molar-refractivity contribution in [1.82, 2.24) is 5.32 Å². The number of aliphatic carboxylic acids is 1. The van der Waals surface area contributed by atoms with Crippen LogP contribution in [0.4, 0.5) is 5.69 Å². The lowest BCUT2D eigenvalue weighted by Crippen LogP contribution is -2.22. The van der Waals surface area contributed by atoms with Gasteiger partial charge in [0, 0.05) is 31.5 Å². The molecule has 0 aliphatic carbocycles. The van der Waals surface area contributed by atoms with E-state index in [1.165, 1.54) is 0 Å². The van der Waals surface area contributed by atoms with E-state index < -0.39 is 5.97 Å². The molecule has 0 radical (unpaired) electrons. The molecule has 1 aromatic carbocycles. The number of hydrogen-bond acceptors (Lipinski definition) is 3. The molecular weight excluding hydrogens is 308 g/mol. The minimum atomic E-state index is -0.841. The van der Waals surface area contributed by atoms with Crippen molar-refractivity contribution in [3.8, 4) is 0 Å². The van der Waals surface area contributed by atoms with Crippen LogP contribution in [0.3, 0.4) is 0 Å². The number of carbonyl (C=O) groups excluding carboxylic acids is 2. The van der Waals surface area contributed by atoms with Crippen LogP contribution in [0.2, 0.25) is 0 Å². The van der Waals surface area contributed by atoms with Crippen LogP contribution >= 0.6 is 0 Å². The van der Waals surface area contributed by atoms with Gasteiger partial charge in [-0.05, 0) is 36.5 Å². The molecule has 0 saturated heterocycles. The second-order valence-electron chi connectivity index (χ2n) is 6.22. The molecule has 0 heterocycles. The fourth-order valence-electron chi connectivity index (χ4n) is 2.19. The lowest BCUT2D eigenvalue weighted by molar-refractivity contribution is -0.137. The maximum atomic E-state index is 11.8. The number of rotatable bonds is 10. The van der Waals surface area contributed by atoms with Crippen molar-refractivity contribution < 1.29 is 19.5 Å². The zero-order valence-corrected chi connectivity index (χ0v) is 14.3. The summed E-state index contributed by atoms with van der Waals surface area (Å²) in [6.45, 7) is 4.36. The van der Waals surface area contributed by atoms with E-state index >= 15 is 0 Å². The highest BCUT2D eigenvalue weighted by Crippen LogP contribution is 2.12. The first kappa shape index (κ1) is 19.7. The monoisotopic (exact) mass is 334 g/mol. The average Bonchev–Trinajstić information content (AvgIpc) is 2.49. The zero-order valence-electron chi connectivity index (χ0n) is 14.3. The Kier molecular flexibility index (Phi) is 8.54. The van der Waals surface area contributed by atoms with Crippen molar-refractivity contribution in [3.05, 3.63) is 29.8 Å². The van der Waals surface area contributed by atoms with Crippen molar-refractivity contribution in [3.63, 3.8) is 0 Å². The molecule has 1 rings (SSSR count). The minimum Gasteiger partial charge on any atom is -0.481 e. The van der Waals surface area contributed by atoms with Crippen molar-refractivity contribution in [2.24, 2.45) is 5.92 Å². The second-order valence-corrected chi connectivity index (χ2v) is 6.22. The summed E-state index contributed by atoms with van der Waals surface area (Å²) in [6.07, 6.45) is 1.93. The highest BCUT2D eigenvalue weighted by atomic mass is 16.4. The third-order valence-corrected chi connectivity index (χ3v) is 3.34. The molecule has 0 atom stereocenters. The molecular formula is C18H26N2O4. The topological polar surface area (TPSA) is 95.5 Å². The molecule has 0 aliphatic heterocycles. The Bertz CT molecular complexity index is 570. The summed E-state index contributed by atoms with van der Waals surface area (Å²) >= 11 is 0. The standard InChI is InChI=1S/C18H26N2O4/c1-13(2)10-17(22)20-15-7-5-6-14(11-15)12-19-16(21)8-3-4-9-18(23)24/h5-7,11,13H,3-4,8-10,12H2,1-2H3,(H,19,21)(H,20,22)(H,23,24). The molecule has 0 saturated carbocycles. The SMILES string of the molecule is CC(C)CC(=O)Nc1cccc(CNC(=O)CCCCC(=O)O)c1. The van der Waals surface area contributed by atoms with E-state index in [4.69, 9.17) is 5.11 Å². The van der Waals surface area contributed by atoms with Crippen LogP contribution in [0.25, 0.3) is 0 Å². The van der Waals surface area contributed by atoms with Gasteiger partial charge in [-0.3, -0.25) is 14.4 Å². The van der Waals surface area contributed by atoms with Gasteiger partial charge in [0.2, 0.25) is 11.8 Å². The van der Waals surface area contributed by atoms with E-state index in [-0.39, 0.29) is 18.2 Å². The first-order valence-electron chi connectivity index (χ1n) is 8.24. The maximum absolute atomic E-state index is 11.8. The Morgan fingerprint density at radius 1 is 1.08 bits per heavy atom. The van der Waals surface area contributed by atoms with Crippen molar-refractivity contribution >= 4 is 23.5 Å². The van der Waals surface area contributed by atoms with Gasteiger partial charge in [0.05, 0.1) is 0 Å². The van der Waals surface area contributed by atoms with Gasteiger partial charge in [-0.15, -0.1) is 0 Å². The largest absolute Gasteiger partial charge is 0.481 e. The molecule has 0 unspecified atom stereocenters. The van der Waals surface area contributed by atoms with Crippen LogP contribution < -0.4 is 10.6 Å². The number of benzene rings is 1. The van der Waals surface area contributed by atoms with Gasteiger partial charge < -0.3 is 15.7 Å². The van der Waals surface area contributed by atoms with Crippen LogP contribution in [0, 0.1) is 5.92 Å². The zero-order chi connectivity index (χ0) is 17.9. The highest BCUT2D eigenvalue weighted by molar-refractivity contribution is 5.90. The quantitative estimate of drug-likeness (QED) is 0.573. The van der Waals surface area contributed by atoms with Gasteiger partial charge in [-0.1, -0.05) is 26.0 Å². The van der Waals surface area contributed by atoms with E-state index in [9.17, 15) is 14.4 Å². The summed E-state index contributed by atoms with van der Waals surface area (Å²) < 4.78 is 0. The maximum Gasteiger partial charge on any atom is 0.303 e. The summed E-state index contributed by atoms with van der Waals surface area (Å²) in [6, 6.07) is 7.36. The predicted molar refractivity (Wildman–Crippen MR) is 92.5 cm³/mol. The van der Waals surface area contributed by atoms with Gasteiger partial charge >= 0.3 is 5.97 Å². The van der Waals surface area contributed by atoms with E-state index in [0.29, 0.717) is 43.8 Å². The number of carboxylic acids is 1. The molecule has 132 valence electrons. The Balaban J connectivity index is 2.37. The molecule has 0 bridgehead atoms. The van der Waals surface area contributed by atoms with Crippen LogP contribution in [0.1, 0.15) is 51.5 Å². The summed E-state index contributed by atoms with van der Waals surface area (Å²) in [5, 5.41) is 14.2. The highest BCUT2D eigenvalue weighted by Gasteiger charge is 2.06. The summed E-state index contributed by atoms with van der Waals surface area (Å²) in [7, 11) is 0. The lowest BCUT2D eigenvalue weighted by Gasteiger charge is -2.10. The summed E-state index contributed by atoms with van der Waals surface area (Å²) in [5.74, 6) is -0.667. The normalized spacial score (nSPS) is 10.5. The molecule has 0 aliphatic rings. The molecule has 0 spiro atoms. The number of carboxylic acid groups (broad SMARTS) is 1. The van der Waals surface area contributed by atoms with E-state index in [0.717, 1.165) is 5.56 Å². The Morgan fingerprint density at radius 3 is 2.46 bits per heavy atom. The van der Waals surface area contributed by atoms with Crippen LogP contribution in [-0.4, -0.2) is 22.9 Å². The van der Waals surface area contributed by atoms with Gasteiger partial charge in [0.1, 0.15) is 0 Å². The minimum absolute atomic E-state index is 0.0235. The number of unbranched alkanes of at least 4 members (excludes halogenated alkanes) is 1. The predicted octanol–water partition coefficient (Wildman–Crippen LogP) is 2.93. The van der Waals surface area contributed by atoms with Crippen LogP contribution in [-0.2, 0) is 20.9 Å². The Morgan fingerprint density at radius 2 is 1.79 bits per heavy atom. The number of nitrogens with one attached hydrogen (secondary N) is 2. The Hall–Kier alpha value is -2.37. The van der Waals surface area contributed by atoms with Gasteiger partial charge in [0.15, 0.2) is 0 Å². The van der Waals surface area contributed by atoms with Crippen molar-refractivity contribution in [1.29, 1.82) is 0 Å². The van der Waals surface area contributed by atoms with Gasteiger partial charge in [-0.2, -0.15) is 0 Å². The van der Waals surface area contributed by atoms with Crippen LogP contribution in [0.5, 0.6) is 0 Å². The molecule has 6 heteroatoms. The fourth-order valence-corrected chi connectivity index (χ4v) is 2.19. The van der Waals surface area contributed by atoms with Gasteiger partial charge in [0.25, 0.3) is 0 Å². The average molecular weight is 334 g/mol. The molecule has 6 nitrogen and oxygen atoms in total. The molecule has 0 aromatic heterocycles. The Labute approximate surface area is 142 Å². The van der Waals surface area contributed by atoms with E-state index in [2.05, 4.69) is 10.6 Å². The molecule has 1 aromatic rings. The third-order valence-electron chi connectivity index (χ3n) is 3.34. The third kappa shape index (κ3) is 8.92. The number of carbonyl (C=O) groups is 3. The number of amides is 2. The summed E-state index contributed by atoms with van der Waals surface area (Å²) in [5.41, 5.74) is 1.62. The number of hydrogen-bond donors (Lipinski definition) is 3. The second kappa shape index (κ2) is 10.4. The first-order chi connectivity index (χ1) is 11.4. The van der Waals surface area contributed by atoms with Crippen molar-refractivity contribution in [2.45, 2.75) is 52.5 Å². The molecule has 24 heavy (non-hydrogen) atoms. The van der Waals surface area contributed by atoms with Gasteiger partial charge in [-0.25, -0.2) is 0 Å². The fraction of sp³-hybridized carbons (Fsp3) is 0.500. The first-order valence-corrected chi connectivity index (χ1v) is 8.24. The molecule has 3 N–H and O–H groups in total. The summed E-state index contributed by atoms with van der Waals surface area (Å²) in [4.78, 5) is 33.9. The van der Waals surface area contributed by atoms with E-state index in [1.807, 2.05) is 38.1 Å². The number of anilines is 1.